The van der Waals surface area contributed by atoms with Crippen LogP contribution < -0.4 is 16.0 Å². The molecule has 0 aromatic carbocycles. The number of nitrogens with one attached hydrogen (secondary N) is 3. The van der Waals surface area contributed by atoms with Crippen molar-refractivity contribution in [3.05, 3.63) is 0 Å². The predicted molar refractivity (Wildman–Crippen MR) is 75.8 cm³/mol. The van der Waals surface area contributed by atoms with E-state index >= 15 is 0 Å². The Morgan fingerprint density at radius 3 is 2.32 bits per heavy atom. The van der Waals surface area contributed by atoms with Crippen molar-refractivity contribution >= 4 is 11.8 Å². The van der Waals surface area contributed by atoms with Gasteiger partial charge in [-0.2, -0.15) is 0 Å². The second-order valence-electron chi connectivity index (χ2n) is 6.26. The van der Waals surface area contributed by atoms with Crippen molar-refractivity contribution in [2.75, 3.05) is 13.1 Å². The minimum absolute atomic E-state index is 0.0310. The van der Waals surface area contributed by atoms with Gasteiger partial charge in [0.1, 0.15) is 0 Å². The fourth-order valence-electron chi connectivity index (χ4n) is 2.23. The van der Waals surface area contributed by atoms with E-state index in [9.17, 15) is 9.59 Å². The molecular weight excluding hydrogens is 242 g/mol. The summed E-state index contributed by atoms with van der Waals surface area (Å²) >= 11 is 0. The molecule has 0 heterocycles. The third-order valence-corrected chi connectivity index (χ3v) is 3.10. The van der Waals surface area contributed by atoms with Crippen LogP contribution in [0, 0.1) is 0 Å². The average molecular weight is 269 g/mol. The third kappa shape index (κ3) is 7.82. The molecule has 110 valence electrons. The molecule has 5 heteroatoms. The molecule has 0 aliphatic heterocycles. The Morgan fingerprint density at radius 2 is 1.74 bits per heavy atom. The lowest BCUT2D eigenvalue weighted by molar-refractivity contribution is -0.123. The maximum Gasteiger partial charge on any atom is 0.233 e. The Morgan fingerprint density at radius 1 is 1.11 bits per heavy atom. The summed E-state index contributed by atoms with van der Waals surface area (Å²) in [6, 6.07) is 0.495. The van der Waals surface area contributed by atoms with E-state index in [2.05, 4.69) is 16.0 Å². The molecule has 0 aromatic heterocycles. The van der Waals surface area contributed by atoms with Crippen LogP contribution in [0.3, 0.4) is 0 Å². The lowest BCUT2D eigenvalue weighted by atomic mass is 10.1. The quantitative estimate of drug-likeness (QED) is 0.672. The average Bonchev–Trinajstić information content (AvgIpc) is 2.76. The standard InChI is InChI=1S/C14H27N3O2/c1-14(2,3)17-12(18)8-9-15-13(19)10-16-11-6-4-5-7-11/h11,16H,4-10H2,1-3H3,(H,15,19)(H,17,18). The first-order valence-corrected chi connectivity index (χ1v) is 7.18. The fraction of sp³-hybridized carbons (Fsp3) is 0.857. The maximum absolute atomic E-state index is 11.6. The number of hydrogen-bond acceptors (Lipinski definition) is 3. The van der Waals surface area contributed by atoms with E-state index in [-0.39, 0.29) is 17.4 Å². The largest absolute Gasteiger partial charge is 0.354 e. The molecule has 2 amide bonds. The molecule has 0 spiro atoms. The maximum atomic E-state index is 11.6. The van der Waals surface area contributed by atoms with E-state index < -0.39 is 0 Å². The molecule has 5 nitrogen and oxygen atoms in total. The Balaban J connectivity index is 2.04. The molecule has 1 fully saturated rings. The van der Waals surface area contributed by atoms with Crippen LogP contribution in [0.1, 0.15) is 52.9 Å². The van der Waals surface area contributed by atoms with Gasteiger partial charge in [-0.25, -0.2) is 0 Å². The zero-order valence-corrected chi connectivity index (χ0v) is 12.3. The summed E-state index contributed by atoms with van der Waals surface area (Å²) in [4.78, 5) is 23.1. The summed E-state index contributed by atoms with van der Waals surface area (Å²) in [5.41, 5.74) is -0.217. The monoisotopic (exact) mass is 269 g/mol. The van der Waals surface area contributed by atoms with Gasteiger partial charge in [-0.15, -0.1) is 0 Å². The number of hydrogen-bond donors (Lipinski definition) is 3. The topological polar surface area (TPSA) is 70.2 Å². The lowest BCUT2D eigenvalue weighted by Crippen LogP contribution is -2.43. The smallest absolute Gasteiger partial charge is 0.233 e. The first-order chi connectivity index (χ1) is 8.87. The van der Waals surface area contributed by atoms with Gasteiger partial charge in [0.2, 0.25) is 11.8 Å². The van der Waals surface area contributed by atoms with Crippen molar-refractivity contribution in [1.82, 2.24) is 16.0 Å². The molecule has 0 radical (unpaired) electrons. The number of rotatable bonds is 6. The van der Waals surface area contributed by atoms with Gasteiger partial charge in [0.25, 0.3) is 0 Å². The Labute approximate surface area is 115 Å². The highest BCUT2D eigenvalue weighted by Crippen LogP contribution is 2.17. The SMILES string of the molecule is CC(C)(C)NC(=O)CCNC(=O)CNC1CCCC1. The van der Waals surface area contributed by atoms with Gasteiger partial charge >= 0.3 is 0 Å². The van der Waals surface area contributed by atoms with E-state index in [0.29, 0.717) is 25.6 Å². The van der Waals surface area contributed by atoms with Crippen molar-refractivity contribution < 1.29 is 9.59 Å². The molecule has 0 atom stereocenters. The molecule has 19 heavy (non-hydrogen) atoms. The summed E-state index contributed by atoms with van der Waals surface area (Å²) < 4.78 is 0. The molecule has 1 aliphatic rings. The molecule has 1 aliphatic carbocycles. The Hall–Kier alpha value is -1.10. The predicted octanol–water partition coefficient (Wildman–Crippen LogP) is 0.940. The summed E-state index contributed by atoms with van der Waals surface area (Å²) in [6.45, 7) is 6.57. The summed E-state index contributed by atoms with van der Waals surface area (Å²) in [6.07, 6.45) is 5.17. The van der Waals surface area contributed by atoms with Crippen molar-refractivity contribution in [3.8, 4) is 0 Å². The molecular formula is C14H27N3O2. The Kier molecular flexibility index (Phi) is 6.28. The normalized spacial score (nSPS) is 16.4. The van der Waals surface area contributed by atoms with Crippen LogP contribution in [0.25, 0.3) is 0 Å². The second-order valence-corrected chi connectivity index (χ2v) is 6.26. The minimum Gasteiger partial charge on any atom is -0.354 e. The minimum atomic E-state index is -0.217. The van der Waals surface area contributed by atoms with E-state index in [0.717, 1.165) is 0 Å². The molecule has 1 rings (SSSR count). The molecule has 1 saturated carbocycles. The van der Waals surface area contributed by atoms with Crippen LogP contribution in [0.15, 0.2) is 0 Å². The van der Waals surface area contributed by atoms with E-state index in [4.69, 9.17) is 0 Å². The van der Waals surface area contributed by atoms with Crippen LogP contribution in [0.5, 0.6) is 0 Å². The lowest BCUT2D eigenvalue weighted by Gasteiger charge is -2.20. The van der Waals surface area contributed by atoms with Crippen LogP contribution in [0.4, 0.5) is 0 Å². The Bertz CT molecular complexity index is 304. The van der Waals surface area contributed by atoms with Crippen LogP contribution in [-0.2, 0) is 9.59 Å². The highest BCUT2D eigenvalue weighted by atomic mass is 16.2. The second kappa shape index (κ2) is 7.48. The van der Waals surface area contributed by atoms with Crippen molar-refractivity contribution in [3.63, 3.8) is 0 Å². The van der Waals surface area contributed by atoms with Gasteiger partial charge in [0.15, 0.2) is 0 Å². The highest BCUT2D eigenvalue weighted by Gasteiger charge is 2.16. The summed E-state index contributed by atoms with van der Waals surface area (Å²) in [7, 11) is 0. The molecule has 0 bridgehead atoms. The van der Waals surface area contributed by atoms with E-state index in [1.54, 1.807) is 0 Å². The van der Waals surface area contributed by atoms with E-state index in [1.807, 2.05) is 20.8 Å². The van der Waals surface area contributed by atoms with Gasteiger partial charge in [0.05, 0.1) is 6.54 Å². The third-order valence-electron chi connectivity index (χ3n) is 3.10. The zero-order chi connectivity index (χ0) is 14.3. The molecule has 0 aromatic rings. The van der Waals surface area contributed by atoms with Crippen LogP contribution >= 0.6 is 0 Å². The number of amides is 2. The first kappa shape index (κ1) is 16.0. The highest BCUT2D eigenvalue weighted by molar-refractivity contribution is 5.80. The number of carbonyl (C=O) groups is 2. The van der Waals surface area contributed by atoms with Crippen molar-refractivity contribution in [2.45, 2.75) is 64.5 Å². The number of carbonyl (C=O) groups excluding carboxylic acids is 2. The van der Waals surface area contributed by atoms with Gasteiger partial charge < -0.3 is 16.0 Å². The van der Waals surface area contributed by atoms with Crippen molar-refractivity contribution in [1.29, 1.82) is 0 Å². The van der Waals surface area contributed by atoms with Crippen LogP contribution in [-0.4, -0.2) is 36.5 Å². The van der Waals surface area contributed by atoms with Crippen molar-refractivity contribution in [2.24, 2.45) is 0 Å². The van der Waals surface area contributed by atoms with Gasteiger partial charge in [-0.3, -0.25) is 9.59 Å². The summed E-state index contributed by atoms with van der Waals surface area (Å²) in [5.74, 6) is -0.0630. The fourth-order valence-corrected chi connectivity index (χ4v) is 2.23. The van der Waals surface area contributed by atoms with E-state index in [1.165, 1.54) is 25.7 Å². The molecule has 3 N–H and O–H groups in total. The first-order valence-electron chi connectivity index (χ1n) is 7.18. The summed E-state index contributed by atoms with van der Waals surface area (Å²) in [5, 5.41) is 8.87. The van der Waals surface area contributed by atoms with Gasteiger partial charge in [0, 0.05) is 24.5 Å². The van der Waals surface area contributed by atoms with Crippen LogP contribution in [0.2, 0.25) is 0 Å². The zero-order valence-electron chi connectivity index (χ0n) is 12.3. The van der Waals surface area contributed by atoms with Gasteiger partial charge in [-0.1, -0.05) is 12.8 Å². The van der Waals surface area contributed by atoms with Gasteiger partial charge in [-0.05, 0) is 33.6 Å². The molecule has 0 saturated heterocycles. The molecule has 0 unspecified atom stereocenters.